The second-order valence-electron chi connectivity index (χ2n) is 4.64. The van der Waals surface area contributed by atoms with Crippen LogP contribution in [0.3, 0.4) is 0 Å². The number of hydrazine groups is 1. The summed E-state index contributed by atoms with van der Waals surface area (Å²) in [6.07, 6.45) is 6.99. The van der Waals surface area contributed by atoms with Crippen molar-refractivity contribution in [2.45, 2.75) is 44.6 Å². The number of methoxy groups -OCH3 is 1. The number of hydrogen-bond acceptors (Lipinski definition) is 4. The van der Waals surface area contributed by atoms with E-state index in [4.69, 9.17) is 15.3 Å². The molecule has 100 valence electrons. The molecule has 0 saturated heterocycles. The van der Waals surface area contributed by atoms with Gasteiger partial charge in [0.1, 0.15) is 0 Å². The minimum atomic E-state index is -0.590. The van der Waals surface area contributed by atoms with Crippen LogP contribution in [0.2, 0.25) is 0 Å². The zero-order valence-corrected chi connectivity index (χ0v) is 10.6. The predicted molar refractivity (Wildman–Crippen MR) is 65.1 cm³/mol. The number of amides is 1. The molecular weight excluding hydrogens is 220 g/mol. The first kappa shape index (κ1) is 14.4. The third kappa shape index (κ3) is 5.48. The van der Waals surface area contributed by atoms with Crippen LogP contribution < -0.4 is 11.3 Å². The summed E-state index contributed by atoms with van der Waals surface area (Å²) >= 11 is 0. The molecule has 1 rings (SSSR count). The first-order valence-corrected chi connectivity index (χ1v) is 6.39. The molecule has 1 atom stereocenters. The van der Waals surface area contributed by atoms with Gasteiger partial charge in [0.05, 0.1) is 13.2 Å². The van der Waals surface area contributed by atoms with Gasteiger partial charge in [0, 0.05) is 7.11 Å². The molecule has 17 heavy (non-hydrogen) atoms. The molecule has 0 aliphatic heterocycles. The Bertz CT molecular complexity index is 216. The summed E-state index contributed by atoms with van der Waals surface area (Å²) in [5.41, 5.74) is 2.11. The molecule has 1 aliphatic rings. The molecule has 0 aromatic rings. The zero-order valence-electron chi connectivity index (χ0n) is 10.6. The van der Waals surface area contributed by atoms with Crippen LogP contribution >= 0.6 is 0 Å². The molecule has 0 aromatic heterocycles. The molecule has 0 spiro atoms. The lowest BCUT2D eigenvalue weighted by Crippen LogP contribution is -2.43. The second kappa shape index (κ2) is 8.44. The van der Waals surface area contributed by atoms with E-state index in [2.05, 4.69) is 5.43 Å². The van der Waals surface area contributed by atoms with Crippen molar-refractivity contribution in [1.29, 1.82) is 0 Å². The van der Waals surface area contributed by atoms with Crippen molar-refractivity contribution >= 4 is 5.91 Å². The highest BCUT2D eigenvalue weighted by Crippen LogP contribution is 2.23. The van der Waals surface area contributed by atoms with Gasteiger partial charge in [-0.25, -0.2) is 5.84 Å². The van der Waals surface area contributed by atoms with Gasteiger partial charge < -0.3 is 9.47 Å². The fourth-order valence-electron chi connectivity index (χ4n) is 2.23. The first-order valence-electron chi connectivity index (χ1n) is 6.39. The number of nitrogens with one attached hydrogen (secondary N) is 1. The van der Waals surface area contributed by atoms with Crippen LogP contribution in [-0.4, -0.2) is 32.3 Å². The number of rotatable bonds is 6. The summed E-state index contributed by atoms with van der Waals surface area (Å²) in [4.78, 5) is 11.4. The van der Waals surface area contributed by atoms with Gasteiger partial charge in [0.15, 0.2) is 6.10 Å². The zero-order chi connectivity index (χ0) is 12.5. The van der Waals surface area contributed by atoms with Gasteiger partial charge in [-0.05, 0) is 18.8 Å². The average molecular weight is 244 g/mol. The van der Waals surface area contributed by atoms with Gasteiger partial charge in [0.2, 0.25) is 0 Å². The van der Waals surface area contributed by atoms with Gasteiger partial charge in [-0.2, -0.15) is 0 Å². The molecule has 1 amide bonds. The minimum Gasteiger partial charge on any atom is -0.381 e. The van der Waals surface area contributed by atoms with E-state index in [1.54, 1.807) is 7.11 Å². The summed E-state index contributed by atoms with van der Waals surface area (Å²) in [5, 5.41) is 0. The molecule has 1 saturated carbocycles. The lowest BCUT2D eigenvalue weighted by atomic mass is 10.0. The van der Waals surface area contributed by atoms with Gasteiger partial charge in [-0.1, -0.05) is 25.7 Å². The summed E-state index contributed by atoms with van der Waals surface area (Å²) in [5.74, 6) is 5.35. The van der Waals surface area contributed by atoms with Crippen LogP contribution in [0.5, 0.6) is 0 Å². The largest absolute Gasteiger partial charge is 0.381 e. The smallest absolute Gasteiger partial charge is 0.265 e. The van der Waals surface area contributed by atoms with Crippen LogP contribution in [0.15, 0.2) is 0 Å². The van der Waals surface area contributed by atoms with E-state index < -0.39 is 6.10 Å². The third-order valence-electron chi connectivity index (χ3n) is 3.26. The fourth-order valence-corrected chi connectivity index (χ4v) is 2.23. The number of hydrogen-bond donors (Lipinski definition) is 2. The fraction of sp³-hybridized carbons (Fsp3) is 0.917. The van der Waals surface area contributed by atoms with Crippen molar-refractivity contribution in [1.82, 2.24) is 5.43 Å². The Morgan fingerprint density at radius 2 is 2.00 bits per heavy atom. The maximum absolute atomic E-state index is 11.4. The number of nitrogens with two attached hydrogens (primary N) is 1. The van der Waals surface area contributed by atoms with Crippen LogP contribution in [0.25, 0.3) is 0 Å². The highest BCUT2D eigenvalue weighted by molar-refractivity contribution is 5.80. The first-order chi connectivity index (χ1) is 8.27. The van der Waals surface area contributed by atoms with Gasteiger partial charge in [-0.15, -0.1) is 0 Å². The van der Waals surface area contributed by atoms with E-state index >= 15 is 0 Å². The van der Waals surface area contributed by atoms with Gasteiger partial charge in [-0.3, -0.25) is 10.2 Å². The van der Waals surface area contributed by atoms with E-state index in [1.807, 2.05) is 0 Å². The number of ether oxygens (including phenoxy) is 2. The van der Waals surface area contributed by atoms with E-state index in [0.29, 0.717) is 12.5 Å². The van der Waals surface area contributed by atoms with E-state index in [1.165, 1.54) is 38.5 Å². The van der Waals surface area contributed by atoms with Crippen molar-refractivity contribution in [2.24, 2.45) is 11.8 Å². The molecule has 1 aliphatic carbocycles. The Labute approximate surface area is 103 Å². The van der Waals surface area contributed by atoms with Gasteiger partial charge in [0.25, 0.3) is 5.91 Å². The molecule has 0 aromatic carbocycles. The third-order valence-corrected chi connectivity index (χ3v) is 3.26. The molecule has 5 heteroatoms. The highest BCUT2D eigenvalue weighted by atomic mass is 16.5. The normalized spacial score (nSPS) is 19.6. The van der Waals surface area contributed by atoms with Crippen LogP contribution in [0, 0.1) is 5.92 Å². The van der Waals surface area contributed by atoms with Crippen molar-refractivity contribution < 1.29 is 14.3 Å². The van der Waals surface area contributed by atoms with Crippen LogP contribution in [0.1, 0.15) is 38.5 Å². The van der Waals surface area contributed by atoms with Crippen molar-refractivity contribution in [3.63, 3.8) is 0 Å². The quantitative estimate of drug-likeness (QED) is 0.316. The molecule has 0 heterocycles. The number of carbonyl (C=O) groups is 1. The number of carbonyl (C=O) groups excluding carboxylic acids is 1. The minimum absolute atomic E-state index is 0.246. The Morgan fingerprint density at radius 3 is 2.53 bits per heavy atom. The topological polar surface area (TPSA) is 73.6 Å². The molecule has 0 bridgehead atoms. The second-order valence-corrected chi connectivity index (χ2v) is 4.64. The molecule has 0 radical (unpaired) electrons. The van der Waals surface area contributed by atoms with Crippen molar-refractivity contribution in [2.75, 3.05) is 20.3 Å². The van der Waals surface area contributed by atoms with E-state index in [0.717, 1.165) is 0 Å². The summed E-state index contributed by atoms with van der Waals surface area (Å²) in [6, 6.07) is 0. The summed E-state index contributed by atoms with van der Waals surface area (Å²) < 4.78 is 10.6. The van der Waals surface area contributed by atoms with Crippen LogP contribution in [-0.2, 0) is 14.3 Å². The van der Waals surface area contributed by atoms with E-state index in [9.17, 15) is 4.79 Å². The maximum atomic E-state index is 11.4. The standard InChI is InChI=1S/C12H24N2O3/c1-16-9-11(12(15)14-13)17-8-10-6-4-2-3-5-7-10/h10-11H,2-9,13H2,1H3,(H,14,15). The van der Waals surface area contributed by atoms with Crippen molar-refractivity contribution in [3.8, 4) is 0 Å². The Kier molecular flexibility index (Phi) is 7.16. The molecular formula is C12H24N2O3. The molecule has 5 nitrogen and oxygen atoms in total. The predicted octanol–water partition coefficient (Wildman–Crippen LogP) is 0.978. The Morgan fingerprint density at radius 1 is 1.35 bits per heavy atom. The monoisotopic (exact) mass is 244 g/mol. The van der Waals surface area contributed by atoms with Crippen LogP contribution in [0.4, 0.5) is 0 Å². The lowest BCUT2D eigenvalue weighted by molar-refractivity contribution is -0.137. The lowest BCUT2D eigenvalue weighted by Gasteiger charge is -2.19. The molecule has 1 unspecified atom stereocenters. The van der Waals surface area contributed by atoms with Crippen molar-refractivity contribution in [3.05, 3.63) is 0 Å². The SMILES string of the molecule is COCC(OCC1CCCCCC1)C(=O)NN. The molecule has 1 fully saturated rings. The highest BCUT2D eigenvalue weighted by Gasteiger charge is 2.20. The van der Waals surface area contributed by atoms with E-state index in [-0.39, 0.29) is 12.5 Å². The Balaban J connectivity index is 2.31. The Hall–Kier alpha value is -0.650. The molecule has 3 N–H and O–H groups in total. The maximum Gasteiger partial charge on any atom is 0.265 e. The average Bonchev–Trinajstić information content (AvgIpc) is 2.62. The summed E-state index contributed by atoms with van der Waals surface area (Å²) in [6.45, 7) is 0.872. The summed E-state index contributed by atoms with van der Waals surface area (Å²) in [7, 11) is 1.55. The van der Waals surface area contributed by atoms with Gasteiger partial charge >= 0.3 is 0 Å².